The van der Waals surface area contributed by atoms with E-state index in [2.05, 4.69) is 53.0 Å². The van der Waals surface area contributed by atoms with E-state index in [1.807, 2.05) is 0 Å². The molecule has 3 saturated carbocycles. The lowest BCUT2D eigenvalue weighted by molar-refractivity contribution is -0.140. The first-order valence-corrected chi connectivity index (χ1v) is 12.8. The molecule has 0 aromatic rings. The van der Waals surface area contributed by atoms with E-state index in [1.54, 1.807) is 0 Å². The molecular weight excluding hydrogens is 412 g/mol. The van der Waals surface area contributed by atoms with E-state index in [-0.39, 0.29) is 22.9 Å². The van der Waals surface area contributed by atoms with E-state index in [0.29, 0.717) is 36.2 Å². The SMILES string of the molecule is C=C1/C(=C\C=C2/CCC[C@]3(C)[C@@H]([C@H](C)C[C@H]4OC(=O)C(=C)C4(C)C)CC[C@@H]23)C[C@@H](O)C[C@@H]1O. The van der Waals surface area contributed by atoms with Crippen LogP contribution in [0.2, 0.25) is 0 Å². The highest BCUT2D eigenvalue weighted by Crippen LogP contribution is 2.60. The van der Waals surface area contributed by atoms with Crippen LogP contribution in [0, 0.1) is 28.6 Å². The number of allylic oxidation sites excluding steroid dienone is 3. The number of hydrogen-bond acceptors (Lipinski definition) is 4. The zero-order valence-corrected chi connectivity index (χ0v) is 20.9. The number of ether oxygens (including phenoxy) is 1. The third-order valence-corrected chi connectivity index (χ3v) is 9.65. The highest BCUT2D eigenvalue weighted by atomic mass is 16.6. The summed E-state index contributed by atoms with van der Waals surface area (Å²) >= 11 is 0. The third kappa shape index (κ3) is 4.30. The third-order valence-electron chi connectivity index (χ3n) is 9.65. The van der Waals surface area contributed by atoms with Crippen molar-refractivity contribution < 1.29 is 19.7 Å². The molecule has 3 aliphatic carbocycles. The number of carbonyl (C=O) groups is 1. The van der Waals surface area contributed by atoms with E-state index in [4.69, 9.17) is 4.74 Å². The van der Waals surface area contributed by atoms with E-state index < -0.39 is 12.2 Å². The number of aliphatic hydroxyl groups is 2. The molecule has 0 aromatic carbocycles. The fourth-order valence-corrected chi connectivity index (χ4v) is 7.33. The number of aliphatic hydroxyl groups excluding tert-OH is 2. The fraction of sp³-hybridized carbons (Fsp3) is 0.690. The predicted molar refractivity (Wildman–Crippen MR) is 131 cm³/mol. The molecule has 0 bridgehead atoms. The summed E-state index contributed by atoms with van der Waals surface area (Å²) in [5.74, 6) is 1.42. The Morgan fingerprint density at radius 1 is 1.18 bits per heavy atom. The molecule has 4 nitrogen and oxygen atoms in total. The highest BCUT2D eigenvalue weighted by molar-refractivity contribution is 5.91. The molecule has 7 atom stereocenters. The number of carbonyl (C=O) groups excluding carboxylic acids is 1. The minimum atomic E-state index is -0.642. The van der Waals surface area contributed by atoms with Gasteiger partial charge in [0, 0.05) is 17.4 Å². The van der Waals surface area contributed by atoms with Gasteiger partial charge < -0.3 is 14.9 Å². The molecule has 4 fully saturated rings. The Bertz CT molecular complexity index is 893. The maximum absolute atomic E-state index is 12.1. The quantitative estimate of drug-likeness (QED) is 0.425. The second-order valence-corrected chi connectivity index (χ2v) is 12.0. The van der Waals surface area contributed by atoms with Gasteiger partial charge in [-0.15, -0.1) is 0 Å². The molecule has 33 heavy (non-hydrogen) atoms. The monoisotopic (exact) mass is 454 g/mol. The number of hydrogen-bond donors (Lipinski definition) is 2. The van der Waals surface area contributed by atoms with Crippen LogP contribution >= 0.6 is 0 Å². The maximum Gasteiger partial charge on any atom is 0.334 e. The average molecular weight is 455 g/mol. The first-order chi connectivity index (χ1) is 15.4. The van der Waals surface area contributed by atoms with E-state index in [1.165, 1.54) is 31.3 Å². The van der Waals surface area contributed by atoms with Gasteiger partial charge in [-0.2, -0.15) is 0 Å². The number of esters is 1. The van der Waals surface area contributed by atoms with Crippen molar-refractivity contribution in [3.05, 3.63) is 47.6 Å². The van der Waals surface area contributed by atoms with Gasteiger partial charge in [0.15, 0.2) is 0 Å². The predicted octanol–water partition coefficient (Wildman–Crippen LogP) is 5.66. The van der Waals surface area contributed by atoms with E-state index in [0.717, 1.165) is 24.0 Å². The Labute approximate surface area is 199 Å². The zero-order chi connectivity index (χ0) is 24.1. The summed E-state index contributed by atoms with van der Waals surface area (Å²) in [5, 5.41) is 20.3. The zero-order valence-electron chi connectivity index (χ0n) is 20.9. The van der Waals surface area contributed by atoms with Crippen molar-refractivity contribution in [2.75, 3.05) is 0 Å². The van der Waals surface area contributed by atoms with E-state index >= 15 is 0 Å². The first-order valence-electron chi connectivity index (χ1n) is 12.8. The summed E-state index contributed by atoms with van der Waals surface area (Å²) in [5.41, 5.74) is 3.80. The van der Waals surface area contributed by atoms with Crippen molar-refractivity contribution in [3.8, 4) is 0 Å². The Balaban J connectivity index is 1.50. The van der Waals surface area contributed by atoms with Crippen LogP contribution in [0.5, 0.6) is 0 Å². The van der Waals surface area contributed by atoms with Gasteiger partial charge in [-0.3, -0.25) is 0 Å². The topological polar surface area (TPSA) is 66.8 Å². The molecule has 0 aromatic heterocycles. The largest absolute Gasteiger partial charge is 0.458 e. The molecule has 182 valence electrons. The molecular formula is C29H42O4. The molecule has 4 heteroatoms. The number of fused-ring (bicyclic) bond motifs is 1. The molecule has 1 saturated heterocycles. The van der Waals surface area contributed by atoms with Crippen molar-refractivity contribution in [3.63, 3.8) is 0 Å². The Morgan fingerprint density at radius 2 is 1.91 bits per heavy atom. The van der Waals surface area contributed by atoms with Crippen LogP contribution < -0.4 is 0 Å². The van der Waals surface area contributed by atoms with Crippen LogP contribution in [0.4, 0.5) is 0 Å². The molecule has 1 heterocycles. The molecule has 4 aliphatic rings. The van der Waals surface area contributed by atoms with Gasteiger partial charge in [-0.25, -0.2) is 4.79 Å². The van der Waals surface area contributed by atoms with Crippen LogP contribution in [0.25, 0.3) is 0 Å². The lowest BCUT2D eigenvalue weighted by atomic mass is 9.60. The lowest BCUT2D eigenvalue weighted by Gasteiger charge is -2.45. The smallest absolute Gasteiger partial charge is 0.334 e. The molecule has 0 unspecified atom stereocenters. The molecule has 1 aliphatic heterocycles. The van der Waals surface area contributed by atoms with Crippen LogP contribution in [-0.2, 0) is 9.53 Å². The van der Waals surface area contributed by atoms with Gasteiger partial charge in [-0.1, -0.05) is 58.6 Å². The summed E-state index contributed by atoms with van der Waals surface area (Å²) in [6.45, 7) is 17.0. The summed E-state index contributed by atoms with van der Waals surface area (Å²) in [4.78, 5) is 12.1. The normalized spacial score (nSPS) is 42.0. The first kappa shape index (κ1) is 24.5. The molecule has 0 spiro atoms. The van der Waals surface area contributed by atoms with E-state index in [9.17, 15) is 15.0 Å². The molecule has 4 rings (SSSR count). The van der Waals surface area contributed by atoms with Crippen LogP contribution in [0.15, 0.2) is 47.6 Å². The maximum atomic E-state index is 12.1. The highest BCUT2D eigenvalue weighted by Gasteiger charge is 2.53. The van der Waals surface area contributed by atoms with Crippen molar-refractivity contribution in [2.45, 2.75) is 97.4 Å². The Morgan fingerprint density at radius 3 is 2.58 bits per heavy atom. The van der Waals surface area contributed by atoms with Gasteiger partial charge in [0.05, 0.1) is 12.2 Å². The minimum absolute atomic E-state index is 0.0892. The van der Waals surface area contributed by atoms with Crippen molar-refractivity contribution in [1.29, 1.82) is 0 Å². The number of rotatable bonds is 4. The minimum Gasteiger partial charge on any atom is -0.458 e. The van der Waals surface area contributed by atoms with Gasteiger partial charge in [-0.05, 0) is 79.3 Å². The lowest BCUT2D eigenvalue weighted by Crippen LogP contribution is -2.38. The Hall–Kier alpha value is -1.65. The van der Waals surface area contributed by atoms with Gasteiger partial charge >= 0.3 is 5.97 Å². The van der Waals surface area contributed by atoms with Crippen molar-refractivity contribution in [2.24, 2.45) is 28.6 Å². The average Bonchev–Trinajstić information content (AvgIpc) is 3.19. The van der Waals surface area contributed by atoms with Crippen molar-refractivity contribution >= 4 is 5.97 Å². The number of cyclic esters (lactones) is 1. The Kier molecular flexibility index (Phi) is 6.56. The van der Waals surface area contributed by atoms with Gasteiger partial charge in [0.25, 0.3) is 0 Å². The van der Waals surface area contributed by atoms with Crippen molar-refractivity contribution in [1.82, 2.24) is 0 Å². The summed E-state index contributed by atoms with van der Waals surface area (Å²) in [7, 11) is 0. The fourth-order valence-electron chi connectivity index (χ4n) is 7.33. The standard InChI is InChI=1S/C29H42O4/c1-17(14-26-28(4,5)19(3)27(32)33-26)23-11-12-24-20(8-7-13-29(23,24)6)9-10-21-15-22(30)16-25(31)18(21)2/h9-10,17,22-26,30-31H,2-3,7-8,11-16H2,1,4-6H3/b20-9+,21-10-/t17-,22-,23-,24+,25+,26-,29-/m1/s1. The van der Waals surface area contributed by atoms with Crippen LogP contribution in [-0.4, -0.2) is 34.5 Å². The molecule has 0 amide bonds. The summed E-state index contributed by atoms with van der Waals surface area (Å²) < 4.78 is 5.74. The van der Waals surface area contributed by atoms with Crippen LogP contribution in [0.1, 0.15) is 79.1 Å². The van der Waals surface area contributed by atoms with Crippen LogP contribution in [0.3, 0.4) is 0 Å². The molecule has 2 N–H and O–H groups in total. The summed E-state index contributed by atoms with van der Waals surface area (Å²) in [6.07, 6.45) is 11.0. The second-order valence-electron chi connectivity index (χ2n) is 12.0. The van der Waals surface area contributed by atoms with Gasteiger partial charge in [0.1, 0.15) is 6.10 Å². The summed E-state index contributed by atoms with van der Waals surface area (Å²) in [6, 6.07) is 0. The van der Waals surface area contributed by atoms with Gasteiger partial charge in [0.2, 0.25) is 0 Å². The second kappa shape index (κ2) is 8.85. The molecule has 0 radical (unpaired) electrons.